The predicted molar refractivity (Wildman–Crippen MR) is 128 cm³/mol. The molecule has 0 unspecified atom stereocenters. The number of carboxylic acid groups (broad SMARTS) is 1. The highest BCUT2D eigenvalue weighted by molar-refractivity contribution is 5.72. The van der Waals surface area contributed by atoms with Crippen LogP contribution >= 0.6 is 0 Å². The molecule has 3 heteroatoms. The molecule has 0 heterocycles. The van der Waals surface area contributed by atoms with Crippen LogP contribution in [0.4, 0.5) is 0 Å². The SMILES string of the molecule is C[C@@H]1CC[C@]2(C)CC[C@]3(C)C(=CC[C@H]4[C@H]3CC[C@H]3C(C)(C)[C@H](O)CC[C@]43C)[C@@H]2[C@H]1C(=O)O. The average Bonchev–Trinajstić information content (AvgIpc) is 2.72. The van der Waals surface area contributed by atoms with E-state index in [-0.39, 0.29) is 45.5 Å². The van der Waals surface area contributed by atoms with Crippen LogP contribution in [-0.4, -0.2) is 22.3 Å². The first-order chi connectivity index (χ1) is 14.9. The van der Waals surface area contributed by atoms with Crippen LogP contribution < -0.4 is 0 Å². The molecule has 0 aromatic rings. The van der Waals surface area contributed by atoms with Gasteiger partial charge in [-0.2, -0.15) is 0 Å². The van der Waals surface area contributed by atoms with Crippen LogP contribution in [-0.2, 0) is 4.79 Å². The van der Waals surface area contributed by atoms with Crippen molar-refractivity contribution < 1.29 is 15.0 Å². The van der Waals surface area contributed by atoms with Crippen LogP contribution in [0.3, 0.4) is 0 Å². The zero-order chi connectivity index (χ0) is 23.3. The van der Waals surface area contributed by atoms with Gasteiger partial charge >= 0.3 is 5.97 Å². The minimum absolute atomic E-state index is 0.0127. The van der Waals surface area contributed by atoms with Gasteiger partial charge < -0.3 is 10.2 Å². The number of carboxylic acids is 1. The van der Waals surface area contributed by atoms with Gasteiger partial charge in [-0.25, -0.2) is 0 Å². The summed E-state index contributed by atoms with van der Waals surface area (Å²) in [6.07, 6.45) is 12.6. The van der Waals surface area contributed by atoms with Gasteiger partial charge in [0.15, 0.2) is 0 Å². The summed E-state index contributed by atoms with van der Waals surface area (Å²) in [7, 11) is 0. The van der Waals surface area contributed by atoms with Gasteiger partial charge in [0.25, 0.3) is 0 Å². The number of carbonyl (C=O) groups is 1. The smallest absolute Gasteiger partial charge is 0.307 e. The second kappa shape index (κ2) is 7.09. The summed E-state index contributed by atoms with van der Waals surface area (Å²) in [6, 6.07) is 0. The fraction of sp³-hybridized carbons (Fsp3) is 0.897. The molecule has 5 rings (SSSR count). The molecular formula is C29H46O3. The van der Waals surface area contributed by atoms with Crippen LogP contribution in [0.1, 0.15) is 99.3 Å². The van der Waals surface area contributed by atoms with Crippen LogP contribution in [0, 0.1) is 57.2 Å². The predicted octanol–water partition coefficient (Wildman–Crippen LogP) is 6.70. The summed E-state index contributed by atoms with van der Waals surface area (Å²) in [6.45, 7) is 14.2. The van der Waals surface area contributed by atoms with E-state index in [1.54, 1.807) is 0 Å². The number of aliphatic carboxylic acids is 1. The standard InChI is InChI=1S/C29H46O3/c1-17-11-13-27(4)15-16-28(5)18-9-10-21-26(2,3)22(30)12-14-29(21,6)19(18)7-8-20(28)24(27)23(17)25(31)32/h8,17-19,21-24,30H,7,9-16H2,1-6H3,(H,31,32)/t17-,18-,19+,21+,22-,23+,24-,27-,28+,29-/m1/s1. The molecule has 4 saturated carbocycles. The van der Waals surface area contributed by atoms with Gasteiger partial charge in [-0.05, 0) is 109 Å². The lowest BCUT2D eigenvalue weighted by atomic mass is 9.37. The maximum Gasteiger partial charge on any atom is 0.307 e. The van der Waals surface area contributed by atoms with Crippen LogP contribution in [0.2, 0.25) is 0 Å². The molecular weight excluding hydrogens is 396 g/mol. The van der Waals surface area contributed by atoms with Crippen molar-refractivity contribution in [1.82, 2.24) is 0 Å². The summed E-state index contributed by atoms with van der Waals surface area (Å²) in [5.74, 6) is 1.57. The molecule has 0 saturated heterocycles. The van der Waals surface area contributed by atoms with Crippen molar-refractivity contribution >= 4 is 5.97 Å². The number of hydrogen-bond acceptors (Lipinski definition) is 2. The first-order valence-corrected chi connectivity index (χ1v) is 13.5. The van der Waals surface area contributed by atoms with Crippen LogP contribution in [0.25, 0.3) is 0 Å². The van der Waals surface area contributed by atoms with E-state index in [0.717, 1.165) is 25.7 Å². The molecule has 0 aromatic carbocycles. The van der Waals surface area contributed by atoms with Gasteiger partial charge in [0, 0.05) is 0 Å². The summed E-state index contributed by atoms with van der Waals surface area (Å²) in [5.41, 5.74) is 2.09. The molecule has 4 fully saturated rings. The van der Waals surface area contributed by atoms with Crippen molar-refractivity contribution in [3.05, 3.63) is 11.6 Å². The monoisotopic (exact) mass is 442 g/mol. The minimum Gasteiger partial charge on any atom is -0.481 e. The Kier molecular flexibility index (Phi) is 5.08. The van der Waals surface area contributed by atoms with Crippen molar-refractivity contribution in [2.45, 2.75) is 105 Å². The van der Waals surface area contributed by atoms with E-state index < -0.39 is 5.97 Å². The molecule has 3 nitrogen and oxygen atoms in total. The van der Waals surface area contributed by atoms with Gasteiger partial charge in [0.05, 0.1) is 12.0 Å². The highest BCUT2D eigenvalue weighted by atomic mass is 16.4. The van der Waals surface area contributed by atoms with Crippen LogP contribution in [0.5, 0.6) is 0 Å². The van der Waals surface area contributed by atoms with E-state index in [1.807, 2.05) is 0 Å². The molecule has 5 aliphatic rings. The summed E-state index contributed by atoms with van der Waals surface area (Å²) >= 11 is 0. The van der Waals surface area contributed by atoms with E-state index in [0.29, 0.717) is 17.8 Å². The Hall–Kier alpha value is -0.830. The Balaban J connectivity index is 1.56. The van der Waals surface area contributed by atoms with Crippen molar-refractivity contribution in [2.24, 2.45) is 57.2 Å². The molecule has 0 aromatic heterocycles. The molecule has 0 radical (unpaired) electrons. The van der Waals surface area contributed by atoms with Crippen LogP contribution in [0.15, 0.2) is 11.6 Å². The highest BCUT2D eigenvalue weighted by Crippen LogP contribution is 2.71. The Morgan fingerprint density at radius 1 is 0.938 bits per heavy atom. The molecule has 5 aliphatic carbocycles. The summed E-state index contributed by atoms with van der Waals surface area (Å²) in [5, 5.41) is 21.1. The van der Waals surface area contributed by atoms with Crippen molar-refractivity contribution in [3.63, 3.8) is 0 Å². The first kappa shape index (κ1) is 22.9. The number of aliphatic hydroxyl groups is 1. The zero-order valence-corrected chi connectivity index (χ0v) is 21.3. The third kappa shape index (κ3) is 2.85. The fourth-order valence-electron chi connectivity index (χ4n) is 10.4. The van der Waals surface area contributed by atoms with E-state index in [9.17, 15) is 15.0 Å². The van der Waals surface area contributed by atoms with Crippen molar-refractivity contribution in [3.8, 4) is 0 Å². The lowest BCUT2D eigenvalue weighted by Crippen LogP contribution is -2.61. The molecule has 10 atom stereocenters. The van der Waals surface area contributed by atoms with Gasteiger partial charge in [-0.3, -0.25) is 4.79 Å². The van der Waals surface area contributed by atoms with Crippen molar-refractivity contribution in [1.29, 1.82) is 0 Å². The fourth-order valence-corrected chi connectivity index (χ4v) is 10.4. The Bertz CT molecular complexity index is 828. The Morgan fingerprint density at radius 2 is 1.66 bits per heavy atom. The normalized spacial score (nSPS) is 54.3. The lowest BCUT2D eigenvalue weighted by molar-refractivity contribution is -0.174. The summed E-state index contributed by atoms with van der Waals surface area (Å²) in [4.78, 5) is 12.5. The lowest BCUT2D eigenvalue weighted by Gasteiger charge is -2.67. The van der Waals surface area contributed by atoms with Gasteiger partial charge in [0.1, 0.15) is 0 Å². The maximum atomic E-state index is 12.5. The quantitative estimate of drug-likeness (QED) is 0.444. The van der Waals surface area contributed by atoms with Gasteiger partial charge in [0.2, 0.25) is 0 Å². The highest BCUT2D eigenvalue weighted by Gasteiger charge is 2.64. The number of hydrogen-bond donors (Lipinski definition) is 2. The van der Waals surface area contributed by atoms with E-state index in [4.69, 9.17) is 0 Å². The van der Waals surface area contributed by atoms with E-state index in [2.05, 4.69) is 47.6 Å². The average molecular weight is 443 g/mol. The third-order valence-corrected chi connectivity index (χ3v) is 12.4. The number of rotatable bonds is 1. The van der Waals surface area contributed by atoms with E-state index in [1.165, 1.54) is 37.7 Å². The molecule has 180 valence electrons. The van der Waals surface area contributed by atoms with Crippen molar-refractivity contribution in [2.75, 3.05) is 0 Å². The maximum absolute atomic E-state index is 12.5. The number of aliphatic hydroxyl groups excluding tert-OH is 1. The Morgan fingerprint density at radius 3 is 2.34 bits per heavy atom. The number of allylic oxidation sites excluding steroid dienone is 2. The second-order valence-corrected chi connectivity index (χ2v) is 14.0. The second-order valence-electron chi connectivity index (χ2n) is 14.0. The van der Waals surface area contributed by atoms with Gasteiger partial charge in [-0.15, -0.1) is 0 Å². The molecule has 0 bridgehead atoms. The molecule has 32 heavy (non-hydrogen) atoms. The third-order valence-electron chi connectivity index (χ3n) is 12.4. The first-order valence-electron chi connectivity index (χ1n) is 13.5. The minimum atomic E-state index is -0.570. The van der Waals surface area contributed by atoms with E-state index >= 15 is 0 Å². The summed E-state index contributed by atoms with van der Waals surface area (Å²) < 4.78 is 0. The van der Waals surface area contributed by atoms with Gasteiger partial charge in [-0.1, -0.05) is 53.2 Å². The molecule has 2 N–H and O–H groups in total. The molecule has 0 aliphatic heterocycles. The Labute approximate surface area is 195 Å². The zero-order valence-electron chi connectivity index (χ0n) is 21.3. The molecule has 0 amide bonds. The topological polar surface area (TPSA) is 57.5 Å². The largest absolute Gasteiger partial charge is 0.481 e. The number of fused-ring (bicyclic) bond motifs is 7. The molecule has 0 spiro atoms.